The highest BCUT2D eigenvalue weighted by atomic mass is 15.1. The summed E-state index contributed by atoms with van der Waals surface area (Å²) in [6.07, 6.45) is 3.55. The lowest BCUT2D eigenvalue weighted by Crippen LogP contribution is -2.30. The maximum Gasteiger partial charge on any atom is 0.102 e. The van der Waals surface area contributed by atoms with Crippen LogP contribution in [0, 0.1) is 11.3 Å². The molecule has 0 N–H and O–H groups in total. The van der Waals surface area contributed by atoms with E-state index in [1.807, 2.05) is 6.07 Å². The fourth-order valence-corrected chi connectivity index (χ4v) is 7.15. The van der Waals surface area contributed by atoms with E-state index in [4.69, 9.17) is 0 Å². The van der Waals surface area contributed by atoms with Crippen molar-refractivity contribution in [3.05, 3.63) is 127 Å². The van der Waals surface area contributed by atoms with Crippen molar-refractivity contribution in [2.45, 2.75) is 19.3 Å². The van der Waals surface area contributed by atoms with Crippen LogP contribution in [0.25, 0.3) is 65.7 Å². The summed E-state index contributed by atoms with van der Waals surface area (Å²) < 4.78 is 0. The Kier molecular flexibility index (Phi) is 5.90. The third-order valence-electron chi connectivity index (χ3n) is 9.06. The molecule has 0 unspecified atom stereocenters. The van der Waals surface area contributed by atoms with Crippen LogP contribution in [0.2, 0.25) is 0 Å². The Bertz CT molecular complexity index is 2100. The van der Waals surface area contributed by atoms with Gasteiger partial charge in [-0.1, -0.05) is 115 Å². The van der Waals surface area contributed by atoms with E-state index >= 15 is 0 Å². The fourth-order valence-electron chi connectivity index (χ4n) is 7.15. The monoisotopic (exact) mass is 538 g/mol. The minimum atomic E-state index is 0.767. The van der Waals surface area contributed by atoms with E-state index in [-0.39, 0.29) is 0 Å². The molecule has 42 heavy (non-hydrogen) atoms. The van der Waals surface area contributed by atoms with Gasteiger partial charge in [-0.15, -0.1) is 0 Å². The Hall–Kier alpha value is -5.13. The zero-order chi connectivity index (χ0) is 28.0. The van der Waals surface area contributed by atoms with E-state index in [1.165, 1.54) is 49.9 Å². The van der Waals surface area contributed by atoms with Crippen LogP contribution < -0.4 is 4.90 Å². The van der Waals surface area contributed by atoms with Gasteiger partial charge in [0.15, 0.2) is 0 Å². The second kappa shape index (κ2) is 10.1. The Balaban J connectivity index is 1.54. The van der Waals surface area contributed by atoms with Crippen molar-refractivity contribution in [3.8, 4) is 39.4 Å². The molecule has 1 aliphatic heterocycles. The second-order valence-corrected chi connectivity index (χ2v) is 11.4. The first-order valence-electron chi connectivity index (χ1n) is 15.0. The van der Waals surface area contributed by atoms with Gasteiger partial charge < -0.3 is 4.90 Å². The SMILES string of the molecule is N#Cc1c(N2CCCCC2)cc(-c2ccc3ccc4cccc5ccc2c3c45)c(-c2ccccc2)c1-c1ccccc1. The smallest absolute Gasteiger partial charge is 0.102 e. The molecule has 0 saturated carbocycles. The Morgan fingerprint density at radius 2 is 1.12 bits per heavy atom. The molecule has 200 valence electrons. The average molecular weight is 539 g/mol. The largest absolute Gasteiger partial charge is 0.370 e. The van der Waals surface area contributed by atoms with Crippen LogP contribution in [0.5, 0.6) is 0 Å². The summed E-state index contributed by atoms with van der Waals surface area (Å²) in [5.41, 5.74) is 8.55. The quantitative estimate of drug-likeness (QED) is 0.208. The molecule has 0 amide bonds. The maximum atomic E-state index is 10.8. The first-order valence-corrected chi connectivity index (χ1v) is 15.0. The molecule has 8 rings (SSSR count). The molecule has 0 aliphatic carbocycles. The third kappa shape index (κ3) is 3.85. The van der Waals surface area contributed by atoms with Crippen molar-refractivity contribution < 1.29 is 0 Å². The Labute approximate surface area is 246 Å². The topological polar surface area (TPSA) is 27.0 Å². The molecular weight excluding hydrogens is 508 g/mol. The molecule has 7 aromatic rings. The van der Waals surface area contributed by atoms with Crippen LogP contribution >= 0.6 is 0 Å². The summed E-state index contributed by atoms with van der Waals surface area (Å²) in [7, 11) is 0. The normalized spacial score (nSPS) is 13.6. The van der Waals surface area contributed by atoms with Crippen molar-refractivity contribution in [1.29, 1.82) is 5.26 Å². The van der Waals surface area contributed by atoms with Gasteiger partial charge in [-0.3, -0.25) is 0 Å². The van der Waals surface area contributed by atoms with Crippen molar-refractivity contribution in [3.63, 3.8) is 0 Å². The van der Waals surface area contributed by atoms with Gasteiger partial charge in [-0.05, 0) is 85.5 Å². The van der Waals surface area contributed by atoms with Gasteiger partial charge >= 0.3 is 0 Å². The number of benzene rings is 7. The van der Waals surface area contributed by atoms with E-state index in [0.29, 0.717) is 0 Å². The van der Waals surface area contributed by atoms with Crippen LogP contribution in [0.1, 0.15) is 24.8 Å². The number of nitriles is 1. The van der Waals surface area contributed by atoms with E-state index in [1.54, 1.807) is 0 Å². The second-order valence-electron chi connectivity index (χ2n) is 11.4. The molecular formula is C40H30N2. The summed E-state index contributed by atoms with van der Waals surface area (Å²) in [5, 5.41) is 18.5. The van der Waals surface area contributed by atoms with Gasteiger partial charge in [0, 0.05) is 18.7 Å². The predicted molar refractivity (Wildman–Crippen MR) is 177 cm³/mol. The zero-order valence-corrected chi connectivity index (χ0v) is 23.5. The van der Waals surface area contributed by atoms with Gasteiger partial charge in [0.25, 0.3) is 0 Å². The standard InChI is InChI=1S/C40H30N2/c41-26-35-36(42-23-8-3-9-24-42)25-34(39(27-11-4-1-5-12-27)40(35)28-13-6-2-7-14-28)32-21-19-31-18-17-29-15-10-16-30-20-22-33(32)38(31)37(29)30/h1-2,4-7,10-22,25H,3,8-9,23-24H2. The molecule has 0 atom stereocenters. The lowest BCUT2D eigenvalue weighted by molar-refractivity contribution is 0.577. The predicted octanol–water partition coefficient (Wildman–Crippen LogP) is 10.4. The molecule has 1 fully saturated rings. The van der Waals surface area contributed by atoms with Gasteiger partial charge in [-0.2, -0.15) is 5.26 Å². The molecule has 1 aliphatic rings. The number of piperidine rings is 1. The number of nitrogens with zero attached hydrogens (tertiary/aromatic N) is 2. The van der Waals surface area contributed by atoms with Crippen molar-refractivity contribution >= 4 is 38.0 Å². The molecule has 0 spiro atoms. The number of rotatable bonds is 4. The van der Waals surface area contributed by atoms with E-state index < -0.39 is 0 Å². The molecule has 0 aromatic heterocycles. The van der Waals surface area contributed by atoms with Crippen LogP contribution in [0.3, 0.4) is 0 Å². The Morgan fingerprint density at radius 3 is 1.79 bits per heavy atom. The lowest BCUT2D eigenvalue weighted by Gasteiger charge is -2.32. The summed E-state index contributed by atoms with van der Waals surface area (Å²) in [5.74, 6) is 0. The first kappa shape index (κ1) is 24.6. The number of anilines is 1. The van der Waals surface area contributed by atoms with Crippen LogP contribution in [-0.4, -0.2) is 13.1 Å². The number of hydrogen-bond donors (Lipinski definition) is 0. The van der Waals surface area contributed by atoms with Crippen LogP contribution in [0.15, 0.2) is 121 Å². The van der Waals surface area contributed by atoms with E-state index in [0.717, 1.165) is 59.4 Å². The lowest BCUT2D eigenvalue weighted by atomic mass is 9.81. The molecule has 0 bridgehead atoms. The minimum Gasteiger partial charge on any atom is -0.370 e. The van der Waals surface area contributed by atoms with Gasteiger partial charge in [0.2, 0.25) is 0 Å². The fraction of sp³-hybridized carbons (Fsp3) is 0.125. The molecule has 1 saturated heterocycles. The maximum absolute atomic E-state index is 10.8. The zero-order valence-electron chi connectivity index (χ0n) is 23.5. The molecule has 7 aromatic carbocycles. The highest BCUT2D eigenvalue weighted by Crippen LogP contribution is 2.49. The Morgan fingerprint density at radius 1 is 0.524 bits per heavy atom. The van der Waals surface area contributed by atoms with Crippen molar-refractivity contribution in [2.75, 3.05) is 18.0 Å². The summed E-state index contributed by atoms with van der Waals surface area (Å²) in [6, 6.07) is 46.4. The highest BCUT2D eigenvalue weighted by molar-refractivity contribution is 6.26. The summed E-state index contributed by atoms with van der Waals surface area (Å²) in [6.45, 7) is 1.96. The van der Waals surface area contributed by atoms with E-state index in [9.17, 15) is 5.26 Å². The number of hydrogen-bond acceptors (Lipinski definition) is 2. The third-order valence-corrected chi connectivity index (χ3v) is 9.06. The molecule has 2 nitrogen and oxygen atoms in total. The van der Waals surface area contributed by atoms with E-state index in [2.05, 4.69) is 126 Å². The van der Waals surface area contributed by atoms with Gasteiger partial charge in [0.1, 0.15) is 6.07 Å². The average Bonchev–Trinajstić information content (AvgIpc) is 3.07. The summed E-state index contributed by atoms with van der Waals surface area (Å²) in [4.78, 5) is 2.45. The summed E-state index contributed by atoms with van der Waals surface area (Å²) >= 11 is 0. The highest BCUT2D eigenvalue weighted by Gasteiger charge is 2.26. The van der Waals surface area contributed by atoms with Crippen LogP contribution in [-0.2, 0) is 0 Å². The molecule has 2 heteroatoms. The molecule has 0 radical (unpaired) electrons. The van der Waals surface area contributed by atoms with Gasteiger partial charge in [0.05, 0.1) is 11.3 Å². The first-order chi connectivity index (χ1) is 20.8. The van der Waals surface area contributed by atoms with Crippen LogP contribution in [0.4, 0.5) is 5.69 Å². The van der Waals surface area contributed by atoms with Crippen molar-refractivity contribution in [2.24, 2.45) is 0 Å². The van der Waals surface area contributed by atoms with Gasteiger partial charge in [-0.25, -0.2) is 0 Å². The van der Waals surface area contributed by atoms with Crippen molar-refractivity contribution in [1.82, 2.24) is 0 Å². The molecule has 1 heterocycles. The minimum absolute atomic E-state index is 0.767.